The van der Waals surface area contributed by atoms with Crippen LogP contribution in [0.3, 0.4) is 0 Å². The van der Waals surface area contributed by atoms with Crippen LogP contribution in [0.15, 0.2) is 42.5 Å². The molecule has 0 unspecified atom stereocenters. The van der Waals surface area contributed by atoms with Gasteiger partial charge in [-0.3, -0.25) is 4.79 Å². The number of para-hydroxylation sites is 2. The van der Waals surface area contributed by atoms with Crippen molar-refractivity contribution in [2.45, 2.75) is 37.6 Å². The first-order valence-corrected chi connectivity index (χ1v) is 9.65. The van der Waals surface area contributed by atoms with Crippen molar-refractivity contribution in [2.75, 3.05) is 14.2 Å². The van der Waals surface area contributed by atoms with Crippen LogP contribution in [0.2, 0.25) is 0 Å². The molecule has 6 heteroatoms. The van der Waals surface area contributed by atoms with Gasteiger partial charge in [-0.15, -0.1) is 0 Å². The van der Waals surface area contributed by atoms with E-state index < -0.39 is 0 Å². The zero-order chi connectivity index (χ0) is 19.5. The Balaban J connectivity index is 1.47. The largest absolute Gasteiger partial charge is 0.497 e. The van der Waals surface area contributed by atoms with E-state index in [9.17, 15) is 4.79 Å². The third-order valence-electron chi connectivity index (χ3n) is 5.42. The number of carbonyl (C=O) groups excluding carboxylic acids is 1. The van der Waals surface area contributed by atoms with Gasteiger partial charge >= 0.3 is 0 Å². The number of nitrogens with zero attached hydrogens (tertiary/aromatic N) is 1. The summed E-state index contributed by atoms with van der Waals surface area (Å²) in [6, 6.07) is 13.4. The van der Waals surface area contributed by atoms with Crippen molar-refractivity contribution in [1.29, 1.82) is 0 Å². The van der Waals surface area contributed by atoms with Crippen LogP contribution in [0.1, 0.15) is 47.8 Å². The number of carbonyl (C=O) groups is 1. The fraction of sp³-hybridized carbons (Fsp3) is 0.364. The maximum atomic E-state index is 12.8. The molecular weight excluding hydrogens is 354 g/mol. The highest BCUT2D eigenvalue weighted by Gasteiger charge is 2.27. The van der Waals surface area contributed by atoms with Gasteiger partial charge in [-0.2, -0.15) is 0 Å². The van der Waals surface area contributed by atoms with Crippen LogP contribution in [0.5, 0.6) is 11.5 Å². The van der Waals surface area contributed by atoms with E-state index in [0.717, 1.165) is 42.5 Å². The third-order valence-corrected chi connectivity index (χ3v) is 5.42. The molecule has 1 amide bonds. The van der Waals surface area contributed by atoms with Crippen LogP contribution in [0, 0.1) is 0 Å². The minimum absolute atomic E-state index is 0.104. The molecule has 2 aromatic carbocycles. The molecule has 0 aliphatic heterocycles. The molecule has 0 spiro atoms. The fourth-order valence-electron chi connectivity index (χ4n) is 3.94. The van der Waals surface area contributed by atoms with E-state index in [1.165, 1.54) is 0 Å². The van der Waals surface area contributed by atoms with E-state index in [0.29, 0.717) is 23.0 Å². The molecular formula is C22H25N3O3. The van der Waals surface area contributed by atoms with E-state index >= 15 is 0 Å². The first kappa shape index (κ1) is 18.3. The van der Waals surface area contributed by atoms with Gasteiger partial charge in [-0.25, -0.2) is 4.98 Å². The second-order valence-corrected chi connectivity index (χ2v) is 7.27. The minimum Gasteiger partial charge on any atom is -0.497 e. The van der Waals surface area contributed by atoms with Crippen molar-refractivity contribution < 1.29 is 14.3 Å². The number of imidazole rings is 1. The Bertz CT molecular complexity index is 927. The predicted molar refractivity (Wildman–Crippen MR) is 108 cm³/mol. The summed E-state index contributed by atoms with van der Waals surface area (Å²) in [5, 5.41) is 3.18. The highest BCUT2D eigenvalue weighted by atomic mass is 16.5. The number of amides is 1. The van der Waals surface area contributed by atoms with Crippen LogP contribution in [-0.2, 0) is 0 Å². The number of hydrogen-bond donors (Lipinski definition) is 2. The van der Waals surface area contributed by atoms with Gasteiger partial charge < -0.3 is 19.8 Å². The third kappa shape index (κ3) is 3.81. The molecule has 0 radical (unpaired) electrons. The summed E-state index contributed by atoms with van der Waals surface area (Å²) in [7, 11) is 3.16. The van der Waals surface area contributed by atoms with Gasteiger partial charge in [0.15, 0.2) is 0 Å². The molecule has 2 atom stereocenters. The Labute approximate surface area is 164 Å². The quantitative estimate of drug-likeness (QED) is 0.702. The van der Waals surface area contributed by atoms with Crippen molar-refractivity contribution in [2.24, 2.45) is 0 Å². The summed E-state index contributed by atoms with van der Waals surface area (Å²) in [6.45, 7) is 0. The van der Waals surface area contributed by atoms with Crippen molar-refractivity contribution >= 4 is 16.9 Å². The van der Waals surface area contributed by atoms with Gasteiger partial charge in [-0.1, -0.05) is 18.6 Å². The number of nitrogens with one attached hydrogen (secondary N) is 2. The Kier molecular flexibility index (Phi) is 5.19. The summed E-state index contributed by atoms with van der Waals surface area (Å²) >= 11 is 0. The molecule has 1 saturated carbocycles. The van der Waals surface area contributed by atoms with E-state index in [1.54, 1.807) is 32.4 Å². The predicted octanol–water partition coefficient (Wildman–Crippen LogP) is 4.04. The molecule has 2 N–H and O–H groups in total. The highest BCUT2D eigenvalue weighted by molar-refractivity contribution is 5.95. The zero-order valence-electron chi connectivity index (χ0n) is 16.2. The molecule has 3 aromatic rings. The maximum absolute atomic E-state index is 12.8. The topological polar surface area (TPSA) is 76.2 Å². The number of hydrogen-bond acceptors (Lipinski definition) is 4. The highest BCUT2D eigenvalue weighted by Crippen LogP contribution is 2.32. The standard InChI is InChI=1S/C22H25N3O3/c1-27-17-11-15(12-18(13-17)28-2)22(26)23-16-7-5-6-14(10-16)21-24-19-8-3-4-9-20(19)25-21/h3-4,8-9,11-14,16H,5-7,10H2,1-2H3,(H,23,26)(H,24,25)/t14-,16+/m0/s1. The van der Waals surface area contributed by atoms with Crippen molar-refractivity contribution in [1.82, 2.24) is 15.3 Å². The van der Waals surface area contributed by atoms with Gasteiger partial charge in [0.05, 0.1) is 25.3 Å². The number of aromatic nitrogens is 2. The Morgan fingerprint density at radius 1 is 1.11 bits per heavy atom. The number of methoxy groups -OCH3 is 2. The van der Waals surface area contributed by atoms with Gasteiger partial charge in [0.1, 0.15) is 17.3 Å². The summed E-state index contributed by atoms with van der Waals surface area (Å²) in [5.41, 5.74) is 2.60. The molecule has 0 saturated heterocycles. The lowest BCUT2D eigenvalue weighted by molar-refractivity contribution is 0.0924. The van der Waals surface area contributed by atoms with Crippen molar-refractivity contribution in [3.8, 4) is 11.5 Å². The van der Waals surface area contributed by atoms with E-state index in [4.69, 9.17) is 14.5 Å². The van der Waals surface area contributed by atoms with Crippen LogP contribution in [0.25, 0.3) is 11.0 Å². The summed E-state index contributed by atoms with van der Waals surface area (Å²) in [5.74, 6) is 2.45. The molecule has 1 aromatic heterocycles. The summed E-state index contributed by atoms with van der Waals surface area (Å²) < 4.78 is 10.5. The minimum atomic E-state index is -0.104. The SMILES string of the molecule is COc1cc(OC)cc(C(=O)N[C@@H]2CCC[C@H](c3nc4ccccc4[nH]3)C2)c1. The average Bonchev–Trinajstić information content (AvgIpc) is 3.18. The van der Waals surface area contributed by atoms with Gasteiger partial charge in [0.2, 0.25) is 0 Å². The van der Waals surface area contributed by atoms with Crippen molar-refractivity contribution in [3.05, 3.63) is 53.9 Å². The van der Waals surface area contributed by atoms with Gasteiger partial charge in [0.25, 0.3) is 5.91 Å². The Hall–Kier alpha value is -3.02. The van der Waals surface area contributed by atoms with Crippen LogP contribution in [-0.4, -0.2) is 36.1 Å². The smallest absolute Gasteiger partial charge is 0.251 e. The molecule has 1 aliphatic carbocycles. The molecule has 1 fully saturated rings. The number of fused-ring (bicyclic) bond motifs is 1. The Morgan fingerprint density at radius 3 is 2.57 bits per heavy atom. The number of benzene rings is 2. The van der Waals surface area contributed by atoms with E-state index in [2.05, 4.69) is 10.3 Å². The normalized spacial score (nSPS) is 19.4. The van der Waals surface area contributed by atoms with Crippen LogP contribution in [0.4, 0.5) is 0 Å². The van der Waals surface area contributed by atoms with Crippen molar-refractivity contribution in [3.63, 3.8) is 0 Å². The van der Waals surface area contributed by atoms with Gasteiger partial charge in [0, 0.05) is 23.6 Å². The number of aromatic amines is 1. The van der Waals surface area contributed by atoms with E-state index in [-0.39, 0.29) is 11.9 Å². The van der Waals surface area contributed by atoms with Crippen LogP contribution >= 0.6 is 0 Å². The molecule has 28 heavy (non-hydrogen) atoms. The fourth-order valence-corrected chi connectivity index (χ4v) is 3.94. The van der Waals surface area contributed by atoms with Gasteiger partial charge in [-0.05, 0) is 43.5 Å². The average molecular weight is 379 g/mol. The molecule has 4 rings (SSSR count). The zero-order valence-corrected chi connectivity index (χ0v) is 16.2. The number of ether oxygens (including phenoxy) is 2. The lowest BCUT2D eigenvalue weighted by atomic mass is 9.85. The molecule has 1 heterocycles. The Morgan fingerprint density at radius 2 is 1.86 bits per heavy atom. The number of rotatable bonds is 5. The molecule has 146 valence electrons. The second kappa shape index (κ2) is 7.92. The first-order chi connectivity index (χ1) is 13.7. The van der Waals surface area contributed by atoms with Crippen LogP contribution < -0.4 is 14.8 Å². The van der Waals surface area contributed by atoms with E-state index in [1.807, 2.05) is 24.3 Å². The molecule has 1 aliphatic rings. The lowest BCUT2D eigenvalue weighted by Gasteiger charge is -2.28. The first-order valence-electron chi connectivity index (χ1n) is 9.65. The second-order valence-electron chi connectivity index (χ2n) is 7.27. The lowest BCUT2D eigenvalue weighted by Crippen LogP contribution is -2.38. The molecule has 0 bridgehead atoms. The summed E-state index contributed by atoms with van der Waals surface area (Å²) in [6.07, 6.45) is 4.00. The summed E-state index contributed by atoms with van der Waals surface area (Å²) in [4.78, 5) is 21.0. The maximum Gasteiger partial charge on any atom is 0.251 e. The number of H-pyrrole nitrogens is 1. The molecule has 6 nitrogen and oxygen atoms in total. The monoisotopic (exact) mass is 379 g/mol.